The number of nitrogens with one attached hydrogen (secondary N) is 2. The fourth-order valence-electron chi connectivity index (χ4n) is 1.41. The zero-order chi connectivity index (χ0) is 15.5. The van der Waals surface area contributed by atoms with Gasteiger partial charge in [0.2, 0.25) is 0 Å². The number of thioether (sulfide) groups is 1. The minimum Gasteiger partial charge on any atom is -0.449 e. The highest BCUT2D eigenvalue weighted by molar-refractivity contribution is 8.23. The number of unbranched alkanes of at least 4 members (excludes halogenated alkanes) is 1. The average molecular weight is 347 g/mol. The number of carbonyl (C=O) groups is 1. The summed E-state index contributed by atoms with van der Waals surface area (Å²) < 4.78 is 5.65. The van der Waals surface area contributed by atoms with Crippen LogP contribution in [0.25, 0.3) is 0 Å². The van der Waals surface area contributed by atoms with E-state index in [9.17, 15) is 4.79 Å². The van der Waals surface area contributed by atoms with Crippen molar-refractivity contribution in [2.45, 2.75) is 19.8 Å². The summed E-state index contributed by atoms with van der Waals surface area (Å²) in [6.07, 6.45) is 1.62. The van der Waals surface area contributed by atoms with E-state index in [1.807, 2.05) is 12.1 Å². The molecule has 116 valence electrons. The Balaban J connectivity index is 2.12. The molecule has 0 radical (unpaired) electrons. The van der Waals surface area contributed by atoms with Crippen molar-refractivity contribution in [2.75, 3.05) is 24.2 Å². The Bertz CT molecular complexity index is 472. The van der Waals surface area contributed by atoms with Crippen LogP contribution in [0.3, 0.4) is 0 Å². The van der Waals surface area contributed by atoms with Gasteiger partial charge in [-0.3, -0.25) is 0 Å². The van der Waals surface area contributed by atoms with Crippen molar-refractivity contribution in [1.29, 1.82) is 0 Å². The monoisotopic (exact) mass is 346 g/mol. The number of anilines is 1. The fourth-order valence-corrected chi connectivity index (χ4v) is 2.51. The first-order valence-electron chi connectivity index (χ1n) is 6.71. The van der Waals surface area contributed by atoms with Gasteiger partial charge in [0.15, 0.2) is 0 Å². The van der Waals surface area contributed by atoms with Gasteiger partial charge in [-0.05, 0) is 24.6 Å². The van der Waals surface area contributed by atoms with Crippen molar-refractivity contribution in [1.82, 2.24) is 5.32 Å². The maximum atomic E-state index is 11.3. The standard InChI is InChI=1S/C14H19ClN2O2S2/c1-2-3-7-16-13(18)19-8-9-21-14(20)17-12-6-4-5-11(15)10-12/h4-6,10H,2-3,7-9H2,1H3,(H,16,18)(H,17,20). The second kappa shape index (κ2) is 10.7. The Hall–Kier alpha value is -0.980. The lowest BCUT2D eigenvalue weighted by molar-refractivity contribution is 0.153. The summed E-state index contributed by atoms with van der Waals surface area (Å²) in [6.45, 7) is 3.04. The first kappa shape index (κ1) is 18.1. The van der Waals surface area contributed by atoms with E-state index in [0.717, 1.165) is 18.5 Å². The summed E-state index contributed by atoms with van der Waals surface area (Å²) in [5, 5.41) is 6.40. The first-order valence-corrected chi connectivity index (χ1v) is 8.49. The molecule has 0 aromatic heterocycles. The predicted octanol–water partition coefficient (Wildman–Crippen LogP) is 4.30. The summed E-state index contributed by atoms with van der Waals surface area (Å²) in [4.78, 5) is 11.3. The minimum absolute atomic E-state index is 0.319. The quantitative estimate of drug-likeness (QED) is 0.569. The summed E-state index contributed by atoms with van der Waals surface area (Å²) in [7, 11) is 0. The maximum absolute atomic E-state index is 11.3. The molecule has 0 aliphatic heterocycles. The molecule has 21 heavy (non-hydrogen) atoms. The zero-order valence-electron chi connectivity index (χ0n) is 11.9. The van der Waals surface area contributed by atoms with Crippen molar-refractivity contribution >= 4 is 51.7 Å². The van der Waals surface area contributed by atoms with E-state index < -0.39 is 0 Å². The van der Waals surface area contributed by atoms with Crippen LogP contribution in [0.1, 0.15) is 19.8 Å². The highest BCUT2D eigenvalue weighted by atomic mass is 35.5. The first-order chi connectivity index (χ1) is 10.1. The smallest absolute Gasteiger partial charge is 0.407 e. The Morgan fingerprint density at radius 1 is 1.48 bits per heavy atom. The lowest BCUT2D eigenvalue weighted by atomic mass is 10.3. The van der Waals surface area contributed by atoms with Gasteiger partial charge < -0.3 is 15.4 Å². The van der Waals surface area contributed by atoms with Gasteiger partial charge in [-0.25, -0.2) is 4.79 Å². The van der Waals surface area contributed by atoms with Crippen LogP contribution >= 0.6 is 35.6 Å². The number of ether oxygens (including phenoxy) is 1. The molecule has 4 nitrogen and oxygen atoms in total. The highest BCUT2D eigenvalue weighted by Gasteiger charge is 2.03. The zero-order valence-corrected chi connectivity index (χ0v) is 14.2. The van der Waals surface area contributed by atoms with Crippen LogP contribution in [0.2, 0.25) is 5.02 Å². The molecule has 7 heteroatoms. The van der Waals surface area contributed by atoms with Crippen molar-refractivity contribution < 1.29 is 9.53 Å². The minimum atomic E-state index is -0.377. The molecule has 1 aromatic carbocycles. The third-order valence-corrected chi connectivity index (χ3v) is 3.85. The molecule has 2 N–H and O–H groups in total. The number of hydrogen-bond donors (Lipinski definition) is 2. The van der Waals surface area contributed by atoms with E-state index in [1.54, 1.807) is 12.1 Å². The third kappa shape index (κ3) is 8.80. The van der Waals surface area contributed by atoms with Gasteiger partial charge in [-0.1, -0.05) is 55.0 Å². The average Bonchev–Trinajstić information content (AvgIpc) is 2.44. The number of amides is 1. The van der Waals surface area contributed by atoms with E-state index in [2.05, 4.69) is 17.6 Å². The molecule has 0 aliphatic carbocycles. The molecule has 0 saturated heterocycles. The van der Waals surface area contributed by atoms with Gasteiger partial charge in [0.1, 0.15) is 10.9 Å². The number of thiocarbonyl (C=S) groups is 1. The van der Waals surface area contributed by atoms with E-state index in [1.165, 1.54) is 11.8 Å². The van der Waals surface area contributed by atoms with Crippen molar-refractivity contribution in [3.8, 4) is 0 Å². The van der Waals surface area contributed by atoms with Crippen LogP contribution < -0.4 is 10.6 Å². The van der Waals surface area contributed by atoms with E-state index in [4.69, 9.17) is 28.6 Å². The molecule has 0 aliphatic rings. The van der Waals surface area contributed by atoms with Crippen molar-refractivity contribution in [3.05, 3.63) is 29.3 Å². The van der Waals surface area contributed by atoms with Crippen LogP contribution in [-0.4, -0.2) is 29.3 Å². The van der Waals surface area contributed by atoms with E-state index in [0.29, 0.717) is 28.2 Å². The van der Waals surface area contributed by atoms with Crippen LogP contribution in [0.15, 0.2) is 24.3 Å². The molecule has 1 rings (SSSR count). The Kier molecular flexibility index (Phi) is 9.21. The SMILES string of the molecule is CCCCNC(=O)OCCSC(=S)Nc1cccc(Cl)c1. The topological polar surface area (TPSA) is 50.4 Å². The number of rotatable bonds is 7. The lowest BCUT2D eigenvalue weighted by Crippen LogP contribution is -2.26. The van der Waals surface area contributed by atoms with Crippen LogP contribution in [0.5, 0.6) is 0 Å². The van der Waals surface area contributed by atoms with Crippen LogP contribution in [-0.2, 0) is 4.74 Å². The molecular formula is C14H19ClN2O2S2. The van der Waals surface area contributed by atoms with Gasteiger partial charge in [0.05, 0.1) is 0 Å². The molecule has 0 bridgehead atoms. The van der Waals surface area contributed by atoms with Gasteiger partial charge in [0.25, 0.3) is 0 Å². The second-order valence-corrected chi connectivity index (χ2v) is 6.40. The van der Waals surface area contributed by atoms with Crippen molar-refractivity contribution in [2.24, 2.45) is 0 Å². The highest BCUT2D eigenvalue weighted by Crippen LogP contribution is 2.17. The number of hydrogen-bond acceptors (Lipinski definition) is 4. The van der Waals surface area contributed by atoms with Gasteiger partial charge in [-0.2, -0.15) is 0 Å². The molecule has 0 heterocycles. The summed E-state index contributed by atoms with van der Waals surface area (Å²) >= 11 is 12.5. The molecular weight excluding hydrogens is 328 g/mol. The summed E-state index contributed by atoms with van der Waals surface area (Å²) in [5.41, 5.74) is 0.846. The Morgan fingerprint density at radius 3 is 3.00 bits per heavy atom. The molecule has 0 spiro atoms. The fraction of sp³-hybridized carbons (Fsp3) is 0.429. The predicted molar refractivity (Wildman–Crippen MR) is 94.4 cm³/mol. The number of benzene rings is 1. The Morgan fingerprint density at radius 2 is 2.29 bits per heavy atom. The molecule has 1 aromatic rings. The number of carbonyl (C=O) groups excluding carboxylic acids is 1. The van der Waals surface area contributed by atoms with Gasteiger partial charge in [-0.15, -0.1) is 0 Å². The molecule has 0 atom stereocenters. The van der Waals surface area contributed by atoms with Crippen LogP contribution in [0.4, 0.5) is 10.5 Å². The maximum Gasteiger partial charge on any atom is 0.407 e. The number of alkyl carbamates (subject to hydrolysis) is 1. The van der Waals surface area contributed by atoms with E-state index >= 15 is 0 Å². The lowest BCUT2D eigenvalue weighted by Gasteiger charge is -2.09. The third-order valence-electron chi connectivity index (χ3n) is 2.42. The second-order valence-electron chi connectivity index (χ2n) is 4.19. The van der Waals surface area contributed by atoms with Crippen LogP contribution in [0, 0.1) is 0 Å². The van der Waals surface area contributed by atoms with Crippen molar-refractivity contribution in [3.63, 3.8) is 0 Å². The molecule has 0 saturated carbocycles. The summed E-state index contributed by atoms with van der Waals surface area (Å²) in [5.74, 6) is 0.605. The summed E-state index contributed by atoms with van der Waals surface area (Å²) in [6, 6.07) is 7.33. The van der Waals surface area contributed by atoms with E-state index in [-0.39, 0.29) is 6.09 Å². The molecule has 1 amide bonds. The Labute approximate surface area is 140 Å². The van der Waals surface area contributed by atoms with Gasteiger partial charge >= 0.3 is 6.09 Å². The van der Waals surface area contributed by atoms with Gasteiger partial charge in [0, 0.05) is 23.0 Å². The molecule has 0 unspecified atom stereocenters. The number of halogens is 1. The normalized spacial score (nSPS) is 10.0. The molecule has 0 fully saturated rings. The largest absolute Gasteiger partial charge is 0.449 e.